The van der Waals surface area contributed by atoms with Crippen LogP contribution in [0.5, 0.6) is 0 Å². The highest BCUT2D eigenvalue weighted by molar-refractivity contribution is 7.85. The summed E-state index contributed by atoms with van der Waals surface area (Å²) in [6.45, 7) is 0. The first-order valence-electron chi connectivity index (χ1n) is 4.45. The highest BCUT2D eigenvalue weighted by atomic mass is 35.5. The van der Waals surface area contributed by atoms with Gasteiger partial charge in [0.25, 0.3) is 0 Å². The zero-order chi connectivity index (χ0) is 13.1. The Morgan fingerprint density at radius 1 is 1.35 bits per heavy atom. The minimum absolute atomic E-state index is 0.221. The molecular formula is C10H7ClF3NOS. The van der Waals surface area contributed by atoms with Crippen LogP contribution in [-0.4, -0.2) is 16.1 Å². The van der Waals surface area contributed by atoms with Gasteiger partial charge in [-0.1, -0.05) is 11.6 Å². The van der Waals surface area contributed by atoms with Gasteiger partial charge in [0.1, 0.15) is 0 Å². The smallest absolute Gasteiger partial charge is 0.254 e. The highest BCUT2D eigenvalue weighted by Gasteiger charge is 2.41. The fourth-order valence-corrected chi connectivity index (χ4v) is 2.36. The summed E-state index contributed by atoms with van der Waals surface area (Å²) in [5, 5.41) is 8.78. The molecule has 0 spiro atoms. The average molecular weight is 282 g/mol. The Morgan fingerprint density at radius 2 is 1.88 bits per heavy atom. The van der Waals surface area contributed by atoms with Crippen LogP contribution in [0.3, 0.4) is 0 Å². The van der Waals surface area contributed by atoms with Crippen molar-refractivity contribution in [1.82, 2.24) is 0 Å². The standard InChI is InChI=1S/C10H7ClF3NOS/c11-8-1-3-9(4-2-8)17(16)6-7(5-15)10(12,13)14/h1-4,7H,6H2. The molecule has 0 aromatic heterocycles. The first kappa shape index (κ1) is 14.0. The lowest BCUT2D eigenvalue weighted by Crippen LogP contribution is -2.26. The maximum Gasteiger partial charge on any atom is 0.405 e. The molecule has 0 heterocycles. The lowest BCUT2D eigenvalue weighted by Gasteiger charge is -2.12. The van der Waals surface area contributed by atoms with Gasteiger partial charge in [-0.25, -0.2) is 0 Å². The molecule has 0 aliphatic carbocycles. The number of benzene rings is 1. The molecule has 1 aromatic carbocycles. The van der Waals surface area contributed by atoms with E-state index in [9.17, 15) is 17.4 Å². The Bertz CT molecular complexity index is 452. The Hall–Kier alpha value is -1.06. The molecule has 0 aliphatic rings. The number of alkyl halides is 3. The van der Waals surface area contributed by atoms with E-state index in [1.807, 2.05) is 0 Å². The molecule has 0 saturated heterocycles. The van der Waals surface area contributed by atoms with Crippen LogP contribution in [0.4, 0.5) is 13.2 Å². The fraction of sp³-hybridized carbons (Fsp3) is 0.300. The van der Waals surface area contributed by atoms with Crippen molar-refractivity contribution in [3.63, 3.8) is 0 Å². The van der Waals surface area contributed by atoms with Gasteiger partial charge in [0.15, 0.2) is 5.92 Å². The van der Waals surface area contributed by atoms with Crippen LogP contribution in [0.2, 0.25) is 5.02 Å². The van der Waals surface area contributed by atoms with Gasteiger partial charge in [-0.2, -0.15) is 18.4 Å². The number of hydrogen-bond donors (Lipinski definition) is 0. The van der Waals surface area contributed by atoms with E-state index < -0.39 is 28.6 Å². The molecule has 7 heteroatoms. The molecule has 0 aliphatic heterocycles. The second-order valence-corrected chi connectivity index (χ2v) is 5.12. The molecule has 1 aromatic rings. The predicted octanol–water partition coefficient (Wildman–Crippen LogP) is 3.15. The molecule has 2 unspecified atom stereocenters. The van der Waals surface area contributed by atoms with Gasteiger partial charge in [0.05, 0.1) is 22.6 Å². The summed E-state index contributed by atoms with van der Waals surface area (Å²) < 4.78 is 48.4. The molecule has 1 rings (SSSR count). The maximum atomic E-state index is 12.3. The number of halogens is 4. The molecular weight excluding hydrogens is 275 g/mol. The predicted molar refractivity (Wildman–Crippen MR) is 57.9 cm³/mol. The molecule has 92 valence electrons. The SMILES string of the molecule is N#CC(CS(=O)c1ccc(Cl)cc1)C(F)(F)F. The molecule has 0 radical (unpaired) electrons. The zero-order valence-corrected chi connectivity index (χ0v) is 9.94. The lowest BCUT2D eigenvalue weighted by molar-refractivity contribution is -0.153. The maximum absolute atomic E-state index is 12.3. The number of rotatable bonds is 3. The van der Waals surface area contributed by atoms with Gasteiger partial charge in [-0.15, -0.1) is 0 Å². The third-order valence-corrected chi connectivity index (χ3v) is 3.63. The minimum atomic E-state index is -4.66. The molecule has 17 heavy (non-hydrogen) atoms. The van der Waals surface area contributed by atoms with Gasteiger partial charge in [0.2, 0.25) is 0 Å². The van der Waals surface area contributed by atoms with Crippen molar-refractivity contribution in [3.8, 4) is 6.07 Å². The second kappa shape index (κ2) is 5.52. The van der Waals surface area contributed by atoms with Gasteiger partial charge >= 0.3 is 6.18 Å². The number of nitrogens with zero attached hydrogens (tertiary/aromatic N) is 1. The van der Waals surface area contributed by atoms with Gasteiger partial charge in [-0.3, -0.25) is 4.21 Å². The Morgan fingerprint density at radius 3 is 2.29 bits per heavy atom. The summed E-state index contributed by atoms with van der Waals surface area (Å²) in [7, 11) is -1.87. The van der Waals surface area contributed by atoms with Crippen LogP contribution in [0.15, 0.2) is 29.2 Å². The van der Waals surface area contributed by atoms with E-state index in [-0.39, 0.29) is 4.90 Å². The summed E-state index contributed by atoms with van der Waals surface area (Å²) in [5.41, 5.74) is 0. The highest BCUT2D eigenvalue weighted by Crippen LogP contribution is 2.27. The topological polar surface area (TPSA) is 40.9 Å². The van der Waals surface area contributed by atoms with Crippen molar-refractivity contribution < 1.29 is 17.4 Å². The number of nitriles is 1. The normalized spacial score (nSPS) is 15.0. The first-order chi connectivity index (χ1) is 7.84. The molecule has 0 N–H and O–H groups in total. The van der Waals surface area contributed by atoms with E-state index in [2.05, 4.69) is 0 Å². The summed E-state index contributed by atoms with van der Waals surface area (Å²) >= 11 is 5.59. The van der Waals surface area contributed by atoms with Crippen molar-refractivity contribution in [2.24, 2.45) is 5.92 Å². The van der Waals surface area contributed by atoms with Crippen LogP contribution in [0.25, 0.3) is 0 Å². The molecule has 0 saturated carbocycles. The van der Waals surface area contributed by atoms with Crippen molar-refractivity contribution in [3.05, 3.63) is 29.3 Å². The largest absolute Gasteiger partial charge is 0.405 e. The van der Waals surface area contributed by atoms with E-state index in [1.165, 1.54) is 24.3 Å². The van der Waals surface area contributed by atoms with E-state index >= 15 is 0 Å². The summed E-state index contributed by atoms with van der Waals surface area (Å²) in [6, 6.07) is 6.73. The average Bonchev–Trinajstić information content (AvgIpc) is 2.24. The monoisotopic (exact) mass is 281 g/mol. The van der Waals surface area contributed by atoms with E-state index in [4.69, 9.17) is 16.9 Å². The molecule has 0 amide bonds. The summed E-state index contributed by atoms with van der Waals surface area (Å²) in [6.07, 6.45) is -4.66. The van der Waals surface area contributed by atoms with Gasteiger partial charge in [0, 0.05) is 9.92 Å². The van der Waals surface area contributed by atoms with Crippen LogP contribution in [0.1, 0.15) is 0 Å². The van der Waals surface area contributed by atoms with Crippen molar-refractivity contribution >= 4 is 22.4 Å². The zero-order valence-electron chi connectivity index (χ0n) is 8.37. The third-order valence-electron chi connectivity index (χ3n) is 1.95. The van der Waals surface area contributed by atoms with Crippen LogP contribution >= 0.6 is 11.6 Å². The van der Waals surface area contributed by atoms with E-state index in [0.717, 1.165) is 6.07 Å². The van der Waals surface area contributed by atoms with Crippen molar-refractivity contribution in [2.75, 3.05) is 5.75 Å². The molecule has 0 bridgehead atoms. The first-order valence-corrected chi connectivity index (χ1v) is 6.14. The Balaban J connectivity index is 2.79. The van der Waals surface area contributed by atoms with Crippen LogP contribution < -0.4 is 0 Å². The van der Waals surface area contributed by atoms with Gasteiger partial charge < -0.3 is 0 Å². The molecule has 2 atom stereocenters. The quantitative estimate of drug-likeness (QED) is 0.854. The minimum Gasteiger partial charge on any atom is -0.254 e. The van der Waals surface area contributed by atoms with Crippen LogP contribution in [0, 0.1) is 17.2 Å². The lowest BCUT2D eigenvalue weighted by atomic mass is 10.2. The fourth-order valence-electron chi connectivity index (χ4n) is 1.04. The van der Waals surface area contributed by atoms with E-state index in [0.29, 0.717) is 5.02 Å². The summed E-state index contributed by atoms with van der Waals surface area (Å²) in [4.78, 5) is 0.221. The van der Waals surface area contributed by atoms with E-state index in [1.54, 1.807) is 0 Å². The second-order valence-electron chi connectivity index (χ2n) is 3.19. The van der Waals surface area contributed by atoms with Crippen LogP contribution in [-0.2, 0) is 10.8 Å². The molecule has 2 nitrogen and oxygen atoms in total. The third kappa shape index (κ3) is 4.02. The summed E-state index contributed by atoms with van der Waals surface area (Å²) in [5.74, 6) is -2.99. The Labute approximate surface area is 103 Å². The van der Waals surface area contributed by atoms with Crippen molar-refractivity contribution in [1.29, 1.82) is 5.26 Å². The van der Waals surface area contributed by atoms with Gasteiger partial charge in [-0.05, 0) is 24.3 Å². The van der Waals surface area contributed by atoms with Crippen molar-refractivity contribution in [2.45, 2.75) is 11.1 Å². The Kier molecular flexibility index (Phi) is 4.54. The molecule has 0 fully saturated rings. The number of hydrogen-bond acceptors (Lipinski definition) is 2.